The minimum absolute atomic E-state index is 0.559. The van der Waals surface area contributed by atoms with Gasteiger partial charge < -0.3 is 4.42 Å². The molecule has 0 atom stereocenters. The molecule has 8 aromatic carbocycles. The molecule has 0 saturated carbocycles. The van der Waals surface area contributed by atoms with Crippen molar-refractivity contribution in [2.45, 2.75) is 5.41 Å². The zero-order valence-corrected chi connectivity index (χ0v) is 30.3. The van der Waals surface area contributed by atoms with Crippen LogP contribution in [0, 0.1) is 0 Å². The Morgan fingerprint density at radius 1 is 0.375 bits per heavy atom. The van der Waals surface area contributed by atoms with Crippen molar-refractivity contribution in [1.29, 1.82) is 0 Å². The highest BCUT2D eigenvalue weighted by molar-refractivity contribution is 6.05. The third kappa shape index (κ3) is 4.34. The van der Waals surface area contributed by atoms with Crippen LogP contribution < -0.4 is 0 Å². The molecule has 1 spiro atoms. The number of hydrogen-bond donors (Lipinski definition) is 0. The number of nitrogens with zero attached hydrogens (tertiary/aromatic N) is 2. The lowest BCUT2D eigenvalue weighted by Crippen LogP contribution is -2.25. The minimum atomic E-state index is -0.559. The topological polar surface area (TPSA) is 38.9 Å². The fourth-order valence-electron chi connectivity index (χ4n) is 9.45. The Morgan fingerprint density at radius 2 is 0.982 bits per heavy atom. The lowest BCUT2D eigenvalue weighted by Gasteiger charge is -2.28. The molecule has 2 heterocycles. The standard InChI is InChI=1S/C53H32N2O/c1-2-14-35(15-3-1)47-32-48(41-21-12-16-34-13-4-5-17-38(34)41)55-52(54-47)36-27-25-33(26-28-36)37-29-30-42-46(31-37)53(51-50(42)43-20-8-11-24-49(43)56-51)44-22-9-6-18-39(44)40-19-7-10-23-45(40)53/h1-32H. The molecule has 0 bridgehead atoms. The van der Waals surface area contributed by atoms with E-state index in [0.717, 1.165) is 55.9 Å². The summed E-state index contributed by atoms with van der Waals surface area (Å²) >= 11 is 0. The molecule has 3 heteroatoms. The summed E-state index contributed by atoms with van der Waals surface area (Å²) in [4.78, 5) is 10.4. The van der Waals surface area contributed by atoms with Crippen LogP contribution in [0.3, 0.4) is 0 Å². The van der Waals surface area contributed by atoms with Crippen molar-refractivity contribution < 1.29 is 4.42 Å². The van der Waals surface area contributed by atoms with Crippen LogP contribution in [0.25, 0.3) is 89.0 Å². The first-order valence-corrected chi connectivity index (χ1v) is 19.2. The predicted octanol–water partition coefficient (Wildman–Crippen LogP) is 13.4. The van der Waals surface area contributed by atoms with E-state index in [1.54, 1.807) is 0 Å². The Balaban J connectivity index is 1.01. The van der Waals surface area contributed by atoms with Gasteiger partial charge in [-0.05, 0) is 73.5 Å². The molecule has 0 fully saturated rings. The highest BCUT2D eigenvalue weighted by Crippen LogP contribution is 2.64. The predicted molar refractivity (Wildman–Crippen MR) is 227 cm³/mol. The maximum Gasteiger partial charge on any atom is 0.160 e. The molecule has 0 saturated heterocycles. The van der Waals surface area contributed by atoms with Gasteiger partial charge in [0.15, 0.2) is 5.82 Å². The van der Waals surface area contributed by atoms with Crippen LogP contribution in [0.4, 0.5) is 0 Å². The molecule has 2 aliphatic carbocycles. The van der Waals surface area contributed by atoms with Gasteiger partial charge in [-0.3, -0.25) is 0 Å². The Kier molecular flexibility index (Phi) is 6.55. The second-order valence-corrected chi connectivity index (χ2v) is 14.8. The molecule has 0 N–H and O–H groups in total. The van der Waals surface area contributed by atoms with Gasteiger partial charge in [-0.2, -0.15) is 0 Å². The summed E-state index contributed by atoms with van der Waals surface area (Å²) in [6.07, 6.45) is 0. The van der Waals surface area contributed by atoms with E-state index in [0.29, 0.717) is 5.82 Å². The second-order valence-electron chi connectivity index (χ2n) is 14.8. The zero-order chi connectivity index (χ0) is 36.8. The summed E-state index contributed by atoms with van der Waals surface area (Å²) < 4.78 is 6.95. The van der Waals surface area contributed by atoms with Crippen LogP contribution in [-0.2, 0) is 5.41 Å². The van der Waals surface area contributed by atoms with Crippen LogP contribution in [0.15, 0.2) is 199 Å². The first kappa shape index (κ1) is 31.0. The van der Waals surface area contributed by atoms with Crippen molar-refractivity contribution in [2.75, 3.05) is 0 Å². The summed E-state index contributed by atoms with van der Waals surface area (Å²) in [5, 5.41) is 3.51. The molecule has 260 valence electrons. The van der Waals surface area contributed by atoms with Gasteiger partial charge >= 0.3 is 0 Å². The molecular weight excluding hydrogens is 681 g/mol. The van der Waals surface area contributed by atoms with E-state index in [9.17, 15) is 0 Å². The molecule has 10 aromatic rings. The van der Waals surface area contributed by atoms with E-state index in [1.165, 1.54) is 49.7 Å². The number of hydrogen-bond acceptors (Lipinski definition) is 3. The zero-order valence-electron chi connectivity index (χ0n) is 30.3. The van der Waals surface area contributed by atoms with Crippen LogP contribution in [0.2, 0.25) is 0 Å². The van der Waals surface area contributed by atoms with E-state index < -0.39 is 5.41 Å². The van der Waals surface area contributed by atoms with Crippen molar-refractivity contribution in [1.82, 2.24) is 9.97 Å². The summed E-state index contributed by atoms with van der Waals surface area (Å²) in [5.41, 5.74) is 16.3. The third-order valence-corrected chi connectivity index (χ3v) is 11.9. The van der Waals surface area contributed by atoms with E-state index in [1.807, 2.05) is 6.07 Å². The molecule has 0 amide bonds. The van der Waals surface area contributed by atoms with Crippen molar-refractivity contribution in [2.24, 2.45) is 0 Å². The fourth-order valence-corrected chi connectivity index (χ4v) is 9.45. The average molecular weight is 713 g/mol. The SMILES string of the molecule is c1ccc(-c2cc(-c3cccc4ccccc34)nc(-c3ccc(-c4ccc5c(c4)C4(c6ccccc6-c6ccccc64)c4oc6ccccc6c4-5)cc3)n2)cc1. The minimum Gasteiger partial charge on any atom is -0.459 e. The van der Waals surface area contributed by atoms with E-state index in [-0.39, 0.29) is 0 Å². The van der Waals surface area contributed by atoms with Crippen molar-refractivity contribution >= 4 is 21.7 Å². The van der Waals surface area contributed by atoms with Crippen molar-refractivity contribution in [3.05, 3.63) is 217 Å². The van der Waals surface area contributed by atoms with Crippen LogP contribution in [0.5, 0.6) is 0 Å². The highest BCUT2D eigenvalue weighted by Gasteiger charge is 2.55. The maximum absolute atomic E-state index is 6.95. The lowest BCUT2D eigenvalue weighted by molar-refractivity contribution is 0.507. The monoisotopic (exact) mass is 712 g/mol. The molecule has 3 nitrogen and oxygen atoms in total. The van der Waals surface area contributed by atoms with Gasteiger partial charge in [-0.25, -0.2) is 9.97 Å². The molecule has 12 rings (SSSR count). The third-order valence-electron chi connectivity index (χ3n) is 11.9. The largest absolute Gasteiger partial charge is 0.459 e. The summed E-state index contributed by atoms with van der Waals surface area (Å²) in [5.74, 6) is 1.71. The van der Waals surface area contributed by atoms with Gasteiger partial charge in [0.05, 0.1) is 11.4 Å². The molecule has 56 heavy (non-hydrogen) atoms. The normalized spacial score (nSPS) is 13.1. The fraction of sp³-hybridized carbons (Fsp3) is 0.0189. The van der Waals surface area contributed by atoms with Gasteiger partial charge in [0.1, 0.15) is 16.8 Å². The number of furan rings is 1. The van der Waals surface area contributed by atoms with Crippen LogP contribution >= 0.6 is 0 Å². The second kappa shape index (κ2) is 11.8. The van der Waals surface area contributed by atoms with E-state index in [4.69, 9.17) is 14.4 Å². The van der Waals surface area contributed by atoms with Crippen molar-refractivity contribution in [3.63, 3.8) is 0 Å². The summed E-state index contributed by atoms with van der Waals surface area (Å²) in [7, 11) is 0. The van der Waals surface area contributed by atoms with Gasteiger partial charge in [0, 0.05) is 27.6 Å². The van der Waals surface area contributed by atoms with Gasteiger partial charge in [-0.15, -0.1) is 0 Å². The number of fused-ring (bicyclic) bond motifs is 13. The van der Waals surface area contributed by atoms with E-state index >= 15 is 0 Å². The lowest BCUT2D eigenvalue weighted by atomic mass is 9.72. The number of rotatable bonds is 4. The number of para-hydroxylation sites is 1. The molecular formula is C53H32N2O. The maximum atomic E-state index is 6.95. The van der Waals surface area contributed by atoms with E-state index in [2.05, 4.69) is 188 Å². The Morgan fingerprint density at radius 3 is 1.79 bits per heavy atom. The van der Waals surface area contributed by atoms with Crippen LogP contribution in [0.1, 0.15) is 22.5 Å². The Hall–Kier alpha value is -7.36. The number of aromatic nitrogens is 2. The van der Waals surface area contributed by atoms with Crippen molar-refractivity contribution in [3.8, 4) is 67.3 Å². The Labute approximate surface area is 324 Å². The molecule has 0 aliphatic heterocycles. The van der Waals surface area contributed by atoms with Gasteiger partial charge in [-0.1, -0.05) is 176 Å². The Bertz CT molecular complexity index is 3140. The summed E-state index contributed by atoms with van der Waals surface area (Å²) in [6.45, 7) is 0. The van der Waals surface area contributed by atoms with Gasteiger partial charge in [0.2, 0.25) is 0 Å². The first-order valence-electron chi connectivity index (χ1n) is 19.2. The first-order chi connectivity index (χ1) is 27.8. The molecule has 2 aromatic heterocycles. The molecule has 2 aliphatic rings. The molecule has 0 unspecified atom stereocenters. The smallest absolute Gasteiger partial charge is 0.160 e. The molecule has 0 radical (unpaired) electrons. The highest BCUT2D eigenvalue weighted by atomic mass is 16.3. The number of benzene rings is 8. The quantitative estimate of drug-likeness (QED) is 0.182. The summed E-state index contributed by atoms with van der Waals surface area (Å²) in [6, 6.07) is 69.3. The average Bonchev–Trinajstić information content (AvgIpc) is 3.90. The van der Waals surface area contributed by atoms with Crippen LogP contribution in [-0.4, -0.2) is 9.97 Å². The van der Waals surface area contributed by atoms with Gasteiger partial charge in [0.25, 0.3) is 0 Å².